The third-order valence-corrected chi connectivity index (χ3v) is 5.38. The average molecular weight is 290 g/mol. The van der Waals surface area contributed by atoms with Crippen LogP contribution < -0.4 is 5.32 Å². The Hall–Kier alpha value is -0.930. The Morgan fingerprint density at radius 3 is 2.76 bits per heavy atom. The monoisotopic (exact) mass is 290 g/mol. The molecule has 1 heterocycles. The predicted molar refractivity (Wildman–Crippen MR) is 85.0 cm³/mol. The van der Waals surface area contributed by atoms with Gasteiger partial charge < -0.3 is 5.32 Å². The molecule has 0 bridgehead atoms. The summed E-state index contributed by atoms with van der Waals surface area (Å²) >= 11 is 0. The van der Waals surface area contributed by atoms with E-state index < -0.39 is 0 Å². The van der Waals surface area contributed by atoms with Crippen LogP contribution in [0.3, 0.4) is 0 Å². The number of nitrogens with zero attached hydrogens (tertiary/aromatic N) is 1. The molecule has 1 aromatic rings. The van der Waals surface area contributed by atoms with Crippen LogP contribution in [0.5, 0.6) is 0 Å². The Balaban J connectivity index is 1.75. The number of nitrogens with one attached hydrogen (secondary N) is 1. The first-order valence-corrected chi connectivity index (χ1v) is 8.42. The number of piperazine rings is 1. The summed E-state index contributed by atoms with van der Waals surface area (Å²) in [6.07, 6.45) is 7.45. The van der Waals surface area contributed by atoms with Crippen molar-refractivity contribution in [3.8, 4) is 0 Å². The van der Waals surface area contributed by atoms with Gasteiger partial charge in [0.25, 0.3) is 0 Å². The van der Waals surface area contributed by atoms with Crippen LogP contribution in [-0.4, -0.2) is 36.1 Å². The third kappa shape index (κ3) is 3.14. The number of rotatable bonds is 3. The highest BCUT2D eigenvalue weighted by atomic mass is 19.1. The van der Waals surface area contributed by atoms with Gasteiger partial charge in [-0.1, -0.05) is 37.5 Å². The van der Waals surface area contributed by atoms with Crippen molar-refractivity contribution < 1.29 is 4.39 Å². The van der Waals surface area contributed by atoms with Crippen molar-refractivity contribution in [1.82, 2.24) is 10.2 Å². The van der Waals surface area contributed by atoms with Gasteiger partial charge in [0, 0.05) is 31.2 Å². The average Bonchev–Trinajstić information content (AvgIpc) is 2.51. The first-order valence-electron chi connectivity index (χ1n) is 8.42. The summed E-state index contributed by atoms with van der Waals surface area (Å²) in [6, 6.07) is 7.63. The minimum Gasteiger partial charge on any atom is -0.314 e. The molecule has 0 aromatic heterocycles. The highest BCUT2D eigenvalue weighted by molar-refractivity contribution is 5.18. The van der Waals surface area contributed by atoms with Crippen molar-refractivity contribution >= 4 is 0 Å². The lowest BCUT2D eigenvalue weighted by molar-refractivity contribution is -0.00192. The maximum absolute atomic E-state index is 13.9. The number of halogens is 1. The summed E-state index contributed by atoms with van der Waals surface area (Å²) in [7, 11) is 0. The normalized spacial score (nSPS) is 24.1. The smallest absolute Gasteiger partial charge is 0.126 e. The van der Waals surface area contributed by atoms with Crippen LogP contribution in [0.25, 0.3) is 0 Å². The van der Waals surface area contributed by atoms with Crippen LogP contribution in [0.4, 0.5) is 4.39 Å². The lowest BCUT2D eigenvalue weighted by Gasteiger charge is -2.52. The van der Waals surface area contributed by atoms with E-state index in [1.807, 2.05) is 12.1 Å². The van der Waals surface area contributed by atoms with E-state index in [1.54, 1.807) is 12.1 Å². The SMILES string of the molecule is CC(Cc1ccccc1F)N1CCNCC12CCCCC2. The van der Waals surface area contributed by atoms with Crippen molar-refractivity contribution in [3.63, 3.8) is 0 Å². The maximum atomic E-state index is 13.9. The second kappa shape index (κ2) is 6.45. The largest absolute Gasteiger partial charge is 0.314 e. The molecule has 1 unspecified atom stereocenters. The van der Waals surface area contributed by atoms with Crippen molar-refractivity contribution in [1.29, 1.82) is 0 Å². The van der Waals surface area contributed by atoms with E-state index >= 15 is 0 Å². The summed E-state index contributed by atoms with van der Waals surface area (Å²) in [5, 5.41) is 3.59. The van der Waals surface area contributed by atoms with Crippen molar-refractivity contribution in [2.75, 3.05) is 19.6 Å². The zero-order valence-electron chi connectivity index (χ0n) is 13.1. The second-order valence-corrected chi connectivity index (χ2v) is 6.80. The fourth-order valence-electron chi connectivity index (χ4n) is 4.31. The van der Waals surface area contributed by atoms with Crippen LogP contribution in [0, 0.1) is 5.82 Å². The van der Waals surface area contributed by atoms with E-state index in [2.05, 4.69) is 17.1 Å². The summed E-state index contributed by atoms with van der Waals surface area (Å²) in [6.45, 7) is 5.53. The van der Waals surface area contributed by atoms with Crippen LogP contribution in [-0.2, 0) is 6.42 Å². The molecule has 0 radical (unpaired) electrons. The van der Waals surface area contributed by atoms with Gasteiger partial charge in [-0.15, -0.1) is 0 Å². The van der Waals surface area contributed by atoms with Gasteiger partial charge in [-0.05, 0) is 37.8 Å². The minimum absolute atomic E-state index is 0.0582. The molecule has 21 heavy (non-hydrogen) atoms. The maximum Gasteiger partial charge on any atom is 0.126 e. The molecule has 2 fully saturated rings. The minimum atomic E-state index is -0.0582. The molecule has 1 saturated heterocycles. The van der Waals surface area contributed by atoms with E-state index in [0.29, 0.717) is 11.6 Å². The molecule has 1 aliphatic carbocycles. The Bertz CT molecular complexity index is 460. The summed E-state index contributed by atoms with van der Waals surface area (Å²) in [4.78, 5) is 2.68. The summed E-state index contributed by atoms with van der Waals surface area (Å²) in [5.41, 5.74) is 1.18. The molecule has 0 amide bonds. The van der Waals surface area contributed by atoms with Gasteiger partial charge in [-0.3, -0.25) is 4.90 Å². The fraction of sp³-hybridized carbons (Fsp3) is 0.667. The van der Waals surface area contributed by atoms with Gasteiger partial charge in [-0.2, -0.15) is 0 Å². The van der Waals surface area contributed by atoms with Gasteiger partial charge in [0.1, 0.15) is 5.82 Å². The Kier molecular flexibility index (Phi) is 4.60. The lowest BCUT2D eigenvalue weighted by Crippen LogP contribution is -2.64. The summed E-state index contributed by atoms with van der Waals surface area (Å²) < 4.78 is 13.9. The standard InChI is InChI=1S/C18H27FN2/c1-15(13-16-7-3-4-8-17(16)19)21-12-11-20-14-18(21)9-5-2-6-10-18/h3-4,7-8,15,20H,2,5-6,9-14H2,1H3. The lowest BCUT2D eigenvalue weighted by atomic mass is 9.78. The van der Waals surface area contributed by atoms with E-state index in [-0.39, 0.29) is 5.82 Å². The molecule has 1 N–H and O–H groups in total. The van der Waals surface area contributed by atoms with Gasteiger partial charge in [0.05, 0.1) is 0 Å². The zero-order valence-corrected chi connectivity index (χ0v) is 13.1. The van der Waals surface area contributed by atoms with Crippen LogP contribution >= 0.6 is 0 Å². The molecule has 1 aliphatic heterocycles. The van der Waals surface area contributed by atoms with Crippen LogP contribution in [0.2, 0.25) is 0 Å². The van der Waals surface area contributed by atoms with E-state index in [0.717, 1.165) is 31.6 Å². The second-order valence-electron chi connectivity index (χ2n) is 6.80. The molecular weight excluding hydrogens is 263 g/mol. The number of hydrogen-bond donors (Lipinski definition) is 1. The Morgan fingerprint density at radius 2 is 2.00 bits per heavy atom. The fourth-order valence-corrected chi connectivity index (χ4v) is 4.31. The van der Waals surface area contributed by atoms with Gasteiger partial charge in [0.15, 0.2) is 0 Å². The quantitative estimate of drug-likeness (QED) is 0.918. The van der Waals surface area contributed by atoms with E-state index in [9.17, 15) is 4.39 Å². The van der Waals surface area contributed by atoms with Crippen molar-refractivity contribution in [2.45, 2.75) is 57.0 Å². The zero-order chi connectivity index (χ0) is 14.7. The van der Waals surface area contributed by atoms with Crippen molar-refractivity contribution in [2.24, 2.45) is 0 Å². The van der Waals surface area contributed by atoms with Gasteiger partial charge in [-0.25, -0.2) is 4.39 Å². The van der Waals surface area contributed by atoms with E-state index in [4.69, 9.17) is 0 Å². The molecular formula is C18H27FN2. The topological polar surface area (TPSA) is 15.3 Å². The Morgan fingerprint density at radius 1 is 1.24 bits per heavy atom. The molecule has 3 rings (SSSR count). The van der Waals surface area contributed by atoms with Gasteiger partial charge in [0.2, 0.25) is 0 Å². The molecule has 116 valence electrons. The molecule has 2 aliphatic rings. The highest BCUT2D eigenvalue weighted by Crippen LogP contribution is 2.36. The molecule has 3 heteroatoms. The predicted octanol–water partition coefficient (Wildman–Crippen LogP) is 3.36. The van der Waals surface area contributed by atoms with E-state index in [1.165, 1.54) is 32.1 Å². The highest BCUT2D eigenvalue weighted by Gasteiger charge is 2.41. The molecule has 2 nitrogen and oxygen atoms in total. The Labute approximate surface area is 127 Å². The van der Waals surface area contributed by atoms with Crippen LogP contribution in [0.15, 0.2) is 24.3 Å². The first-order chi connectivity index (χ1) is 10.2. The summed E-state index contributed by atoms with van der Waals surface area (Å²) in [5.74, 6) is -0.0582. The first kappa shape index (κ1) is 15.0. The molecule has 1 atom stereocenters. The number of benzene rings is 1. The molecule has 1 aromatic carbocycles. The third-order valence-electron chi connectivity index (χ3n) is 5.38. The molecule has 1 saturated carbocycles. The number of hydrogen-bond acceptors (Lipinski definition) is 2. The van der Waals surface area contributed by atoms with Crippen molar-refractivity contribution in [3.05, 3.63) is 35.6 Å². The molecule has 1 spiro atoms. The van der Waals surface area contributed by atoms with Crippen LogP contribution in [0.1, 0.15) is 44.6 Å². The van der Waals surface area contributed by atoms with Gasteiger partial charge >= 0.3 is 0 Å².